The number of rotatable bonds is 8. The first-order chi connectivity index (χ1) is 14.0. The highest BCUT2D eigenvalue weighted by Gasteiger charge is 2.51. The van der Waals surface area contributed by atoms with Crippen LogP contribution in [0.2, 0.25) is 0 Å². The lowest BCUT2D eigenvalue weighted by Crippen LogP contribution is -2.48. The second kappa shape index (κ2) is 9.39. The first-order valence-electron chi connectivity index (χ1n) is 10.7. The van der Waals surface area contributed by atoms with Gasteiger partial charge >= 0.3 is 6.03 Å². The first kappa shape index (κ1) is 21.3. The second-order valence-corrected chi connectivity index (χ2v) is 7.99. The number of imide groups is 1. The monoisotopic (exact) mass is 400 g/mol. The average molecular weight is 401 g/mol. The summed E-state index contributed by atoms with van der Waals surface area (Å²) in [6, 6.07) is 7.43. The SMILES string of the molecule is CCN(CC)Cc1cccc(NC(=O)CCN2C(=O)NC3(CCCCC3)C2=O)c1. The van der Waals surface area contributed by atoms with Gasteiger partial charge in [0.15, 0.2) is 0 Å². The van der Waals surface area contributed by atoms with Crippen molar-refractivity contribution in [3.8, 4) is 0 Å². The van der Waals surface area contributed by atoms with E-state index < -0.39 is 5.54 Å². The number of carbonyl (C=O) groups is 3. The van der Waals surface area contributed by atoms with E-state index >= 15 is 0 Å². The molecule has 2 aliphatic rings. The van der Waals surface area contributed by atoms with Gasteiger partial charge in [0.1, 0.15) is 5.54 Å². The summed E-state index contributed by atoms with van der Waals surface area (Å²) in [5, 5.41) is 5.77. The summed E-state index contributed by atoms with van der Waals surface area (Å²) in [7, 11) is 0. The predicted octanol–water partition coefficient (Wildman–Crippen LogP) is 3.11. The summed E-state index contributed by atoms with van der Waals surface area (Å²) in [6.45, 7) is 7.14. The van der Waals surface area contributed by atoms with Gasteiger partial charge in [0.05, 0.1) is 0 Å². The third kappa shape index (κ3) is 4.96. The van der Waals surface area contributed by atoms with Crippen LogP contribution < -0.4 is 10.6 Å². The largest absolute Gasteiger partial charge is 0.326 e. The highest BCUT2D eigenvalue weighted by molar-refractivity contribution is 6.07. The highest BCUT2D eigenvalue weighted by Crippen LogP contribution is 2.33. The van der Waals surface area contributed by atoms with Crippen molar-refractivity contribution in [3.05, 3.63) is 29.8 Å². The number of carbonyl (C=O) groups excluding carboxylic acids is 3. The van der Waals surface area contributed by atoms with Crippen molar-refractivity contribution in [3.63, 3.8) is 0 Å². The van der Waals surface area contributed by atoms with Crippen molar-refractivity contribution in [1.82, 2.24) is 15.1 Å². The molecule has 2 fully saturated rings. The molecule has 1 saturated carbocycles. The molecule has 1 aliphatic carbocycles. The number of hydrogen-bond acceptors (Lipinski definition) is 4. The van der Waals surface area contributed by atoms with E-state index in [1.54, 1.807) is 0 Å². The van der Waals surface area contributed by atoms with Crippen molar-refractivity contribution < 1.29 is 14.4 Å². The van der Waals surface area contributed by atoms with Crippen LogP contribution >= 0.6 is 0 Å². The molecule has 1 aromatic carbocycles. The van der Waals surface area contributed by atoms with Gasteiger partial charge in [0, 0.05) is 25.2 Å². The summed E-state index contributed by atoms with van der Waals surface area (Å²) < 4.78 is 0. The lowest BCUT2D eigenvalue weighted by Gasteiger charge is -2.30. The number of nitrogens with one attached hydrogen (secondary N) is 2. The minimum atomic E-state index is -0.732. The molecule has 1 aromatic rings. The van der Waals surface area contributed by atoms with Gasteiger partial charge in [0.2, 0.25) is 5.91 Å². The maximum absolute atomic E-state index is 12.8. The van der Waals surface area contributed by atoms with E-state index in [9.17, 15) is 14.4 Å². The van der Waals surface area contributed by atoms with Crippen LogP contribution in [0.4, 0.5) is 10.5 Å². The summed E-state index contributed by atoms with van der Waals surface area (Å²) in [4.78, 5) is 41.0. The molecule has 29 heavy (non-hydrogen) atoms. The van der Waals surface area contributed by atoms with Crippen LogP contribution in [0, 0.1) is 0 Å². The molecule has 7 nitrogen and oxygen atoms in total. The number of nitrogens with zero attached hydrogens (tertiary/aromatic N) is 2. The van der Waals surface area contributed by atoms with Crippen LogP contribution in [0.15, 0.2) is 24.3 Å². The minimum absolute atomic E-state index is 0.0928. The van der Waals surface area contributed by atoms with Crippen LogP contribution in [0.1, 0.15) is 57.9 Å². The zero-order chi connectivity index (χ0) is 20.9. The molecule has 4 amide bonds. The van der Waals surface area contributed by atoms with Crippen LogP contribution in [0.25, 0.3) is 0 Å². The van der Waals surface area contributed by atoms with Crippen molar-refractivity contribution in [2.24, 2.45) is 0 Å². The van der Waals surface area contributed by atoms with Gasteiger partial charge in [-0.05, 0) is 43.6 Å². The Labute approximate surface area is 172 Å². The van der Waals surface area contributed by atoms with Crippen LogP contribution in [-0.4, -0.2) is 52.8 Å². The Bertz CT molecular complexity index is 754. The van der Waals surface area contributed by atoms with Crippen molar-refractivity contribution in [2.45, 2.75) is 64.5 Å². The molecule has 7 heteroatoms. The third-order valence-electron chi connectivity index (χ3n) is 6.03. The Morgan fingerprint density at radius 3 is 2.59 bits per heavy atom. The normalized spacial score (nSPS) is 18.4. The second-order valence-electron chi connectivity index (χ2n) is 7.99. The molecular formula is C22H32N4O3. The summed E-state index contributed by atoms with van der Waals surface area (Å²) in [5.74, 6) is -0.369. The molecule has 0 aromatic heterocycles. The van der Waals surface area contributed by atoms with E-state index in [0.717, 1.165) is 50.1 Å². The molecular weight excluding hydrogens is 368 g/mol. The average Bonchev–Trinajstić information content (AvgIpc) is 2.94. The van der Waals surface area contributed by atoms with E-state index in [1.807, 2.05) is 24.3 Å². The number of anilines is 1. The molecule has 1 heterocycles. The molecule has 0 radical (unpaired) electrons. The van der Waals surface area contributed by atoms with Crippen molar-refractivity contribution >= 4 is 23.5 Å². The Hall–Kier alpha value is -2.41. The Balaban J connectivity index is 1.54. The Morgan fingerprint density at radius 1 is 1.17 bits per heavy atom. The fraction of sp³-hybridized carbons (Fsp3) is 0.591. The zero-order valence-electron chi connectivity index (χ0n) is 17.5. The summed E-state index contributed by atoms with van der Waals surface area (Å²) in [5.41, 5.74) is 1.14. The molecule has 0 bridgehead atoms. The smallest absolute Gasteiger partial charge is 0.325 e. The van der Waals surface area contributed by atoms with Crippen LogP contribution in [0.5, 0.6) is 0 Å². The van der Waals surface area contributed by atoms with Crippen LogP contribution in [0.3, 0.4) is 0 Å². The van der Waals surface area contributed by atoms with Crippen molar-refractivity contribution in [2.75, 3.05) is 25.0 Å². The minimum Gasteiger partial charge on any atom is -0.326 e. The van der Waals surface area contributed by atoms with Gasteiger partial charge in [-0.3, -0.25) is 19.4 Å². The number of urea groups is 1. The Kier molecular flexibility index (Phi) is 6.90. The van der Waals surface area contributed by atoms with Gasteiger partial charge in [-0.2, -0.15) is 0 Å². The van der Waals surface area contributed by atoms with E-state index in [2.05, 4.69) is 29.4 Å². The maximum atomic E-state index is 12.8. The van der Waals surface area contributed by atoms with E-state index in [1.165, 1.54) is 4.90 Å². The van der Waals surface area contributed by atoms with Gasteiger partial charge in [-0.15, -0.1) is 0 Å². The predicted molar refractivity (Wildman–Crippen MR) is 112 cm³/mol. The van der Waals surface area contributed by atoms with Gasteiger partial charge in [-0.25, -0.2) is 4.79 Å². The van der Waals surface area contributed by atoms with Crippen LogP contribution in [-0.2, 0) is 16.1 Å². The molecule has 3 rings (SSSR count). The molecule has 1 aliphatic heterocycles. The van der Waals surface area contributed by atoms with E-state index in [-0.39, 0.29) is 30.8 Å². The third-order valence-corrected chi connectivity index (χ3v) is 6.03. The number of benzene rings is 1. The standard InChI is InChI=1S/C22H32N4O3/c1-3-25(4-2)16-17-9-8-10-18(15-17)23-19(27)11-14-26-20(28)22(24-21(26)29)12-6-5-7-13-22/h8-10,15H,3-7,11-14,16H2,1-2H3,(H,23,27)(H,24,29). The van der Waals surface area contributed by atoms with Gasteiger partial charge < -0.3 is 10.6 Å². The quantitative estimate of drug-likeness (QED) is 0.657. The summed E-state index contributed by atoms with van der Waals surface area (Å²) in [6.07, 6.45) is 4.48. The Morgan fingerprint density at radius 2 is 1.90 bits per heavy atom. The first-order valence-corrected chi connectivity index (χ1v) is 10.7. The molecule has 1 saturated heterocycles. The van der Waals surface area contributed by atoms with E-state index in [4.69, 9.17) is 0 Å². The fourth-order valence-corrected chi connectivity index (χ4v) is 4.26. The molecule has 158 valence electrons. The highest BCUT2D eigenvalue weighted by atomic mass is 16.2. The van der Waals surface area contributed by atoms with Gasteiger partial charge in [0.25, 0.3) is 5.91 Å². The maximum Gasteiger partial charge on any atom is 0.325 e. The summed E-state index contributed by atoms with van der Waals surface area (Å²) >= 11 is 0. The lowest BCUT2D eigenvalue weighted by atomic mass is 9.82. The molecule has 1 spiro atoms. The lowest BCUT2D eigenvalue weighted by molar-refractivity contribution is -0.132. The topological polar surface area (TPSA) is 81.8 Å². The molecule has 0 unspecified atom stereocenters. The fourth-order valence-electron chi connectivity index (χ4n) is 4.26. The van der Waals surface area contributed by atoms with Gasteiger partial charge in [-0.1, -0.05) is 45.2 Å². The number of amides is 4. The molecule has 2 N–H and O–H groups in total. The van der Waals surface area contributed by atoms with E-state index in [0.29, 0.717) is 12.8 Å². The van der Waals surface area contributed by atoms with Crippen molar-refractivity contribution in [1.29, 1.82) is 0 Å². The molecule has 0 atom stereocenters. The zero-order valence-corrected chi connectivity index (χ0v) is 17.5. The number of hydrogen-bond donors (Lipinski definition) is 2.